The van der Waals surface area contributed by atoms with Gasteiger partial charge in [-0.25, -0.2) is 4.98 Å². The summed E-state index contributed by atoms with van der Waals surface area (Å²) in [6.45, 7) is 11.8. The summed E-state index contributed by atoms with van der Waals surface area (Å²) in [4.78, 5) is 10.2. The molecule has 8 aromatic rings. The highest BCUT2D eigenvalue weighted by Crippen LogP contribution is 2.44. The monoisotopic (exact) mass is 857 g/mol. The maximum atomic E-state index is 11.9. The van der Waals surface area contributed by atoms with Crippen LogP contribution in [0.25, 0.3) is 72.7 Å². The summed E-state index contributed by atoms with van der Waals surface area (Å²) >= 11 is 0. The number of aromatic hydroxyl groups is 1. The summed E-state index contributed by atoms with van der Waals surface area (Å²) in [7, 11) is 0. The van der Waals surface area contributed by atoms with Gasteiger partial charge in [0.15, 0.2) is 0 Å². The Labute approximate surface area is 400 Å². The Morgan fingerprint density at radius 3 is 1.84 bits per heavy atom. The second-order valence-electron chi connectivity index (χ2n) is 20.2. The molecular weight excluding hydrogens is 779 g/mol. The zero-order valence-corrected chi connectivity index (χ0v) is 38.7. The third-order valence-corrected chi connectivity index (χ3v) is 12.0. The van der Waals surface area contributed by atoms with Crippen molar-refractivity contribution in [3.05, 3.63) is 167 Å². The number of benzene rings is 6. The molecule has 0 amide bonds. The lowest BCUT2D eigenvalue weighted by molar-refractivity contribution is 0.472. The number of phenols is 1. The molecule has 2 heterocycles. The molecule has 0 aliphatic rings. The molecule has 0 unspecified atom stereocenters. The Balaban J connectivity index is 1.38. The number of fused-ring (bicyclic) bond motifs is 1. The zero-order chi connectivity index (χ0) is 57.1. The molecule has 0 radical (unpaired) electrons. The quantitative estimate of drug-likeness (QED) is 0.181. The SMILES string of the molecule is [2H]c1c([2H])c(C(C([2H])([2H])[2H])(C([2H])([2H])[2H])C([2H])([2H])[2H])c([2H])c([2H])c1-c1ccnc(-c2cc(-c3cccc4c3nc(-c3cc(C)cc(C)c3O)n4-c3ccc(C(C)(C)C)cc3-c3ccc(C(C)(C)C)cc3)cc(C(C)(C)C)c2)c1. The van der Waals surface area contributed by atoms with E-state index in [0.29, 0.717) is 33.7 Å². The van der Waals surface area contributed by atoms with E-state index in [1.807, 2.05) is 56.3 Å². The van der Waals surface area contributed by atoms with Gasteiger partial charge in [-0.15, -0.1) is 0 Å². The zero-order valence-electron chi connectivity index (χ0n) is 51.7. The van der Waals surface area contributed by atoms with Crippen molar-refractivity contribution in [1.29, 1.82) is 0 Å². The van der Waals surface area contributed by atoms with Crippen LogP contribution in [0.1, 0.15) is 134 Å². The molecule has 0 aliphatic carbocycles. The first-order valence-corrected chi connectivity index (χ1v) is 21.7. The van der Waals surface area contributed by atoms with Crippen molar-refractivity contribution in [3.63, 3.8) is 0 Å². The van der Waals surface area contributed by atoms with Gasteiger partial charge < -0.3 is 5.11 Å². The van der Waals surface area contributed by atoms with E-state index in [0.717, 1.165) is 50.1 Å². The number of phenolic OH excluding ortho intramolecular Hbond substituents is 1. The number of rotatable bonds is 6. The van der Waals surface area contributed by atoms with Crippen LogP contribution in [0.15, 0.2) is 133 Å². The number of aromatic nitrogens is 3. The van der Waals surface area contributed by atoms with Gasteiger partial charge in [0.25, 0.3) is 0 Å². The number of imidazole rings is 1. The van der Waals surface area contributed by atoms with E-state index < -0.39 is 61.1 Å². The summed E-state index contributed by atoms with van der Waals surface area (Å²) < 4.78 is 113. The largest absolute Gasteiger partial charge is 0.507 e. The van der Waals surface area contributed by atoms with Gasteiger partial charge in [0.1, 0.15) is 11.6 Å². The molecule has 4 nitrogen and oxygen atoms in total. The fourth-order valence-corrected chi connectivity index (χ4v) is 8.22. The van der Waals surface area contributed by atoms with Crippen molar-refractivity contribution < 1.29 is 22.9 Å². The van der Waals surface area contributed by atoms with Gasteiger partial charge in [-0.3, -0.25) is 9.55 Å². The van der Waals surface area contributed by atoms with Crippen LogP contribution in [0.2, 0.25) is 0 Å². The van der Waals surface area contributed by atoms with Crippen LogP contribution in [0.5, 0.6) is 5.75 Å². The van der Waals surface area contributed by atoms with E-state index in [-0.39, 0.29) is 27.7 Å². The lowest BCUT2D eigenvalue weighted by Gasteiger charge is -2.24. The molecule has 64 heavy (non-hydrogen) atoms. The summed E-state index contributed by atoms with van der Waals surface area (Å²) in [5, 5.41) is 11.9. The molecule has 0 spiro atoms. The maximum Gasteiger partial charge on any atom is 0.149 e. The van der Waals surface area contributed by atoms with Crippen molar-refractivity contribution >= 4 is 11.0 Å². The number of hydrogen-bond donors (Lipinski definition) is 1. The Morgan fingerprint density at radius 1 is 0.531 bits per heavy atom. The summed E-state index contributed by atoms with van der Waals surface area (Å²) in [5.74, 6) is 0.649. The summed E-state index contributed by atoms with van der Waals surface area (Å²) in [6.07, 6.45) is 1.44. The molecule has 0 saturated heterocycles. The fourth-order valence-electron chi connectivity index (χ4n) is 8.22. The predicted octanol–water partition coefficient (Wildman–Crippen LogP) is 16.3. The van der Waals surface area contributed by atoms with Crippen LogP contribution in [-0.4, -0.2) is 19.6 Å². The average molecular weight is 857 g/mol. The lowest BCUT2D eigenvalue weighted by atomic mass is 9.83. The highest BCUT2D eigenvalue weighted by atomic mass is 16.3. The van der Waals surface area contributed by atoms with Gasteiger partial charge in [-0.05, 0) is 140 Å². The van der Waals surface area contributed by atoms with Crippen LogP contribution in [0.3, 0.4) is 0 Å². The fraction of sp³-hybridized carbons (Fsp3) is 0.300. The Morgan fingerprint density at radius 2 is 1.19 bits per heavy atom. The molecule has 0 atom stereocenters. The molecule has 4 heteroatoms. The topological polar surface area (TPSA) is 50.9 Å². The molecular formula is C60H65N3O. The standard InChI is InChI=1S/C60H65N3O/c1-37-30-38(2)55(64)50(31-37)56-62-54-48(16-15-17-53(54)63(56)52-27-26-46(59(9,10)11)36-49(52)40-20-24-45(25-21-40)58(6,7)8)42-32-43(34-47(33-42)60(12,13)14)51-35-41(28-29-61-51)39-18-22-44(23-19-39)57(3,4)5/h15-36,64H,1-14H3/i3D3,4D3,5D3,18D,19D,22D,23D. The Kier molecular flexibility index (Phi) is 7.72. The van der Waals surface area contributed by atoms with Crippen molar-refractivity contribution in [2.45, 2.75) is 118 Å². The first-order valence-electron chi connectivity index (χ1n) is 28.2. The van der Waals surface area contributed by atoms with Gasteiger partial charge >= 0.3 is 0 Å². The molecule has 2 aromatic heterocycles. The number of aryl methyl sites for hydroxylation is 2. The number of hydrogen-bond acceptors (Lipinski definition) is 3. The molecule has 0 aliphatic heterocycles. The van der Waals surface area contributed by atoms with Gasteiger partial charge in [0.05, 0.1) is 33.5 Å². The Bertz CT molecular complexity index is 3560. The van der Waals surface area contributed by atoms with Crippen molar-refractivity contribution in [1.82, 2.24) is 14.5 Å². The van der Waals surface area contributed by atoms with E-state index >= 15 is 0 Å². The smallest absolute Gasteiger partial charge is 0.149 e. The minimum absolute atomic E-state index is 0.0581. The average Bonchev–Trinajstić information content (AvgIpc) is 3.70. The number of pyridine rings is 1. The molecule has 0 bridgehead atoms. The van der Waals surface area contributed by atoms with Gasteiger partial charge in [0.2, 0.25) is 0 Å². The van der Waals surface area contributed by atoms with Gasteiger partial charge in [-0.1, -0.05) is 162 Å². The van der Waals surface area contributed by atoms with Crippen LogP contribution in [0, 0.1) is 13.8 Å². The van der Waals surface area contributed by atoms with Crippen LogP contribution >= 0.6 is 0 Å². The third-order valence-electron chi connectivity index (χ3n) is 12.0. The van der Waals surface area contributed by atoms with E-state index in [1.54, 1.807) is 6.07 Å². The van der Waals surface area contributed by atoms with Crippen LogP contribution in [0.4, 0.5) is 0 Å². The second-order valence-corrected chi connectivity index (χ2v) is 20.2. The van der Waals surface area contributed by atoms with Crippen molar-refractivity contribution in [2.24, 2.45) is 0 Å². The van der Waals surface area contributed by atoms with E-state index in [4.69, 9.17) is 27.8 Å². The molecule has 1 N–H and O–H groups in total. The van der Waals surface area contributed by atoms with Crippen molar-refractivity contribution in [3.8, 4) is 67.5 Å². The minimum Gasteiger partial charge on any atom is -0.507 e. The van der Waals surface area contributed by atoms with E-state index in [2.05, 4.69) is 115 Å². The van der Waals surface area contributed by atoms with Crippen molar-refractivity contribution in [2.75, 3.05) is 0 Å². The molecule has 8 rings (SSSR count). The normalized spacial score (nSPS) is 16.1. The first kappa shape index (κ1) is 30.8. The second kappa shape index (κ2) is 16.1. The lowest BCUT2D eigenvalue weighted by Crippen LogP contribution is -2.12. The highest BCUT2D eigenvalue weighted by molar-refractivity contribution is 5.98. The first-order chi connectivity index (χ1) is 35.4. The van der Waals surface area contributed by atoms with E-state index in [1.165, 1.54) is 17.8 Å². The van der Waals surface area contributed by atoms with E-state index in [9.17, 15) is 5.11 Å². The maximum absolute atomic E-state index is 11.9. The number of nitrogens with zero attached hydrogens (tertiary/aromatic N) is 3. The highest BCUT2D eigenvalue weighted by Gasteiger charge is 2.26. The third kappa shape index (κ3) is 8.68. The minimum atomic E-state index is -3.81. The Hall–Kier alpha value is -6.26. The summed E-state index contributed by atoms with van der Waals surface area (Å²) in [6, 6.07) is 30.4. The molecule has 0 fully saturated rings. The van der Waals surface area contributed by atoms with Crippen LogP contribution < -0.4 is 0 Å². The van der Waals surface area contributed by atoms with Crippen LogP contribution in [-0.2, 0) is 21.7 Å². The molecule has 6 aromatic carbocycles. The van der Waals surface area contributed by atoms with Gasteiger partial charge in [0, 0.05) is 35.2 Å². The van der Waals surface area contributed by atoms with Gasteiger partial charge in [-0.2, -0.15) is 0 Å². The molecule has 0 saturated carbocycles. The molecule has 326 valence electrons. The predicted molar refractivity (Wildman–Crippen MR) is 272 cm³/mol. The number of para-hydroxylation sites is 1. The summed E-state index contributed by atoms with van der Waals surface area (Å²) in [5.41, 5.74) is 6.53.